The summed E-state index contributed by atoms with van der Waals surface area (Å²) >= 11 is 0. The summed E-state index contributed by atoms with van der Waals surface area (Å²) in [4.78, 5) is 14.5. The lowest BCUT2D eigenvalue weighted by atomic mass is 10.1. The van der Waals surface area contributed by atoms with Gasteiger partial charge in [-0.2, -0.15) is 13.8 Å². The summed E-state index contributed by atoms with van der Waals surface area (Å²) in [5, 5.41) is 2.44. The van der Waals surface area contributed by atoms with Crippen molar-refractivity contribution in [3.63, 3.8) is 0 Å². The normalized spacial score (nSPS) is 19.1. The maximum atomic E-state index is 12.2. The van der Waals surface area contributed by atoms with Crippen LogP contribution in [0.3, 0.4) is 0 Å². The molecule has 3 N–H and O–H groups in total. The molecule has 1 atom stereocenters. The Hall–Kier alpha value is -2.18. The Kier molecular flexibility index (Phi) is 2.90. The van der Waals surface area contributed by atoms with Crippen molar-refractivity contribution < 1.29 is 18.3 Å². The molecule has 5 nitrogen and oxygen atoms in total. The Morgan fingerprint density at radius 1 is 1.41 bits per heavy atom. The van der Waals surface area contributed by atoms with Crippen molar-refractivity contribution in [1.29, 1.82) is 0 Å². The van der Waals surface area contributed by atoms with Gasteiger partial charge in [-0.3, -0.25) is 0 Å². The Bertz CT molecular complexity index is 476. The number of ether oxygens (including phenoxy) is 1. The van der Waals surface area contributed by atoms with Crippen molar-refractivity contribution in [2.75, 3.05) is 0 Å². The quantitative estimate of drug-likeness (QED) is 0.839. The van der Waals surface area contributed by atoms with E-state index in [2.05, 4.69) is 15.0 Å². The van der Waals surface area contributed by atoms with Crippen LogP contribution in [0.1, 0.15) is 11.6 Å². The number of carbonyl (C=O) groups is 1. The zero-order valence-electron chi connectivity index (χ0n) is 8.56. The average Bonchev–Trinajstić information content (AvgIpc) is 2.58. The summed E-state index contributed by atoms with van der Waals surface area (Å²) in [5.74, 6) is -0.00633. The minimum absolute atomic E-state index is 0.0281. The van der Waals surface area contributed by atoms with Gasteiger partial charge in [0.25, 0.3) is 0 Å². The Balaban J connectivity index is 2.32. The molecular formula is C10H9F2N3O2. The zero-order chi connectivity index (χ0) is 12.4. The molecule has 0 bridgehead atoms. The predicted octanol–water partition coefficient (Wildman–Crippen LogP) is 1.41. The summed E-state index contributed by atoms with van der Waals surface area (Å²) in [6, 6.07) is 4.77. The highest BCUT2D eigenvalue weighted by molar-refractivity contribution is 6.03. The Morgan fingerprint density at radius 3 is 2.71 bits per heavy atom. The van der Waals surface area contributed by atoms with Crippen molar-refractivity contribution >= 4 is 11.9 Å². The van der Waals surface area contributed by atoms with Crippen LogP contribution in [0.2, 0.25) is 0 Å². The van der Waals surface area contributed by atoms with Crippen LogP contribution in [-0.4, -0.2) is 18.5 Å². The van der Waals surface area contributed by atoms with Crippen molar-refractivity contribution in [3.05, 3.63) is 29.8 Å². The number of benzene rings is 1. The van der Waals surface area contributed by atoms with Crippen LogP contribution in [0.4, 0.5) is 13.6 Å². The van der Waals surface area contributed by atoms with E-state index in [9.17, 15) is 13.6 Å². The molecule has 0 spiro atoms. The van der Waals surface area contributed by atoms with Gasteiger partial charge >= 0.3 is 12.6 Å². The van der Waals surface area contributed by atoms with E-state index in [1.165, 1.54) is 12.1 Å². The van der Waals surface area contributed by atoms with Gasteiger partial charge < -0.3 is 15.8 Å². The first-order chi connectivity index (χ1) is 8.08. The number of carbonyl (C=O) groups excluding carboxylic acids is 1. The molecule has 1 heterocycles. The number of nitrogens with two attached hydrogens (primary N) is 1. The molecule has 1 unspecified atom stereocenters. The molecule has 17 heavy (non-hydrogen) atoms. The summed E-state index contributed by atoms with van der Waals surface area (Å²) in [5.41, 5.74) is 5.87. The van der Waals surface area contributed by atoms with Gasteiger partial charge in [-0.1, -0.05) is 18.2 Å². The van der Waals surface area contributed by atoms with Crippen molar-refractivity contribution in [2.45, 2.75) is 12.7 Å². The number of nitrogens with one attached hydrogen (secondary N) is 1. The van der Waals surface area contributed by atoms with Crippen molar-refractivity contribution in [3.8, 4) is 5.75 Å². The number of hydrogen-bond acceptors (Lipinski definition) is 3. The topological polar surface area (TPSA) is 76.7 Å². The van der Waals surface area contributed by atoms with Crippen LogP contribution in [0, 0.1) is 0 Å². The molecule has 0 fully saturated rings. The van der Waals surface area contributed by atoms with Crippen LogP contribution in [-0.2, 0) is 0 Å². The molecule has 2 amide bonds. The van der Waals surface area contributed by atoms with E-state index >= 15 is 0 Å². The monoisotopic (exact) mass is 241 g/mol. The van der Waals surface area contributed by atoms with Gasteiger partial charge in [-0.25, -0.2) is 4.79 Å². The third kappa shape index (κ3) is 2.32. The number of para-hydroxylation sites is 1. The number of hydrogen-bond donors (Lipinski definition) is 2. The largest absolute Gasteiger partial charge is 0.434 e. The van der Waals surface area contributed by atoms with Crippen LogP contribution < -0.4 is 15.8 Å². The molecule has 1 aliphatic rings. The summed E-state index contributed by atoms with van der Waals surface area (Å²) in [6.07, 6.45) is 0. The third-order valence-corrected chi connectivity index (χ3v) is 2.24. The van der Waals surface area contributed by atoms with E-state index in [-0.39, 0.29) is 11.6 Å². The highest BCUT2D eigenvalue weighted by atomic mass is 19.3. The minimum Gasteiger partial charge on any atom is -0.434 e. The fourth-order valence-corrected chi connectivity index (χ4v) is 1.57. The molecule has 90 valence electrons. The van der Waals surface area contributed by atoms with Crippen molar-refractivity contribution in [2.24, 2.45) is 10.7 Å². The lowest BCUT2D eigenvalue weighted by Crippen LogP contribution is -2.28. The second kappa shape index (κ2) is 4.36. The number of alkyl halides is 2. The van der Waals surface area contributed by atoms with Gasteiger partial charge in [-0.15, -0.1) is 0 Å². The average molecular weight is 241 g/mol. The SMILES string of the molecule is NC1=NC(=O)NC1c1ccccc1OC(F)F. The fraction of sp³-hybridized carbons (Fsp3) is 0.200. The first kappa shape index (κ1) is 11.3. The van der Waals surface area contributed by atoms with Gasteiger partial charge in [-0.05, 0) is 6.07 Å². The van der Waals surface area contributed by atoms with Crippen molar-refractivity contribution in [1.82, 2.24) is 5.32 Å². The smallest absolute Gasteiger partial charge is 0.387 e. The van der Waals surface area contributed by atoms with Gasteiger partial charge in [0, 0.05) is 5.56 Å². The highest BCUT2D eigenvalue weighted by Gasteiger charge is 2.28. The molecule has 0 saturated carbocycles. The molecule has 1 aromatic carbocycles. The van der Waals surface area contributed by atoms with E-state index in [4.69, 9.17) is 5.73 Å². The number of aliphatic imine (C=N–C) groups is 1. The van der Waals surface area contributed by atoms with E-state index < -0.39 is 18.7 Å². The lowest BCUT2D eigenvalue weighted by Gasteiger charge is -2.15. The molecule has 2 rings (SSSR count). The number of urea groups is 1. The summed E-state index contributed by atoms with van der Waals surface area (Å²) in [6.45, 7) is -2.94. The van der Waals surface area contributed by atoms with Gasteiger partial charge in [0.15, 0.2) is 0 Å². The van der Waals surface area contributed by atoms with Crippen LogP contribution in [0.5, 0.6) is 5.75 Å². The van der Waals surface area contributed by atoms with E-state index in [1.54, 1.807) is 12.1 Å². The van der Waals surface area contributed by atoms with E-state index in [0.29, 0.717) is 5.56 Å². The number of nitrogens with zero attached hydrogens (tertiary/aromatic N) is 1. The molecular weight excluding hydrogens is 232 g/mol. The lowest BCUT2D eigenvalue weighted by molar-refractivity contribution is -0.0505. The standard InChI is InChI=1S/C10H9F2N3O2/c11-9(12)17-6-4-2-1-3-5(6)7-8(13)15-10(16)14-7/h1-4,7,9H,(H3,13,14,15,16). The number of halogens is 2. The molecule has 0 aromatic heterocycles. The number of amides is 2. The fourth-order valence-electron chi connectivity index (χ4n) is 1.57. The molecule has 7 heteroatoms. The molecule has 0 radical (unpaired) electrons. The Labute approximate surface area is 95.3 Å². The van der Waals surface area contributed by atoms with Gasteiger partial charge in [0.2, 0.25) is 0 Å². The van der Waals surface area contributed by atoms with Crippen LogP contribution >= 0.6 is 0 Å². The van der Waals surface area contributed by atoms with Gasteiger partial charge in [0.05, 0.1) is 0 Å². The molecule has 0 saturated heterocycles. The number of rotatable bonds is 3. The second-order valence-corrected chi connectivity index (χ2v) is 3.34. The zero-order valence-corrected chi connectivity index (χ0v) is 8.56. The summed E-state index contributed by atoms with van der Waals surface area (Å²) < 4.78 is 28.7. The van der Waals surface area contributed by atoms with Gasteiger partial charge in [0.1, 0.15) is 17.6 Å². The maximum absolute atomic E-state index is 12.2. The summed E-state index contributed by atoms with van der Waals surface area (Å²) in [7, 11) is 0. The maximum Gasteiger partial charge on any atom is 0.387 e. The Morgan fingerprint density at radius 2 is 2.12 bits per heavy atom. The van der Waals surface area contributed by atoms with E-state index in [0.717, 1.165) is 0 Å². The molecule has 1 aliphatic heterocycles. The van der Waals surface area contributed by atoms with Crippen LogP contribution in [0.25, 0.3) is 0 Å². The van der Waals surface area contributed by atoms with Crippen LogP contribution in [0.15, 0.2) is 29.3 Å². The third-order valence-electron chi connectivity index (χ3n) is 2.24. The molecule has 0 aliphatic carbocycles. The first-order valence-corrected chi connectivity index (χ1v) is 4.76. The minimum atomic E-state index is -2.94. The molecule has 1 aromatic rings. The second-order valence-electron chi connectivity index (χ2n) is 3.34. The highest BCUT2D eigenvalue weighted by Crippen LogP contribution is 2.28. The number of amidine groups is 1. The predicted molar refractivity (Wildman–Crippen MR) is 56.0 cm³/mol. The van der Waals surface area contributed by atoms with E-state index in [1.807, 2.05) is 0 Å². The first-order valence-electron chi connectivity index (χ1n) is 4.76.